The summed E-state index contributed by atoms with van der Waals surface area (Å²) in [6.07, 6.45) is 1.20. The summed E-state index contributed by atoms with van der Waals surface area (Å²) in [5.74, 6) is -1.25. The summed E-state index contributed by atoms with van der Waals surface area (Å²) < 4.78 is 4.59. The van der Waals surface area contributed by atoms with E-state index >= 15 is 0 Å². The summed E-state index contributed by atoms with van der Waals surface area (Å²) in [7, 11) is 0. The van der Waals surface area contributed by atoms with Crippen LogP contribution in [0.4, 0.5) is 0 Å². The number of carbonyl (C=O) groups is 2. The molecule has 6 heteroatoms. The Hall–Kier alpha value is -1.85. The lowest BCUT2D eigenvalue weighted by molar-refractivity contribution is -0.132. The van der Waals surface area contributed by atoms with Gasteiger partial charge in [0.1, 0.15) is 5.56 Å². The van der Waals surface area contributed by atoms with Crippen LogP contribution in [0.3, 0.4) is 0 Å². The Morgan fingerprint density at radius 3 is 2.83 bits per heavy atom. The molecule has 12 heavy (non-hydrogen) atoms. The number of primary amides is 1. The molecule has 1 amide bonds. The van der Waals surface area contributed by atoms with Gasteiger partial charge in [0.25, 0.3) is 5.91 Å². The van der Waals surface area contributed by atoms with Crippen molar-refractivity contribution in [3.63, 3.8) is 0 Å². The first-order valence-corrected chi connectivity index (χ1v) is 3.13. The van der Waals surface area contributed by atoms with Gasteiger partial charge >= 0.3 is 5.97 Å². The number of amides is 1. The molecule has 0 saturated heterocycles. The highest BCUT2D eigenvalue weighted by Crippen LogP contribution is 2.12. The molecule has 0 atom stereocenters. The smallest absolute Gasteiger partial charge is 0.309 e. The van der Waals surface area contributed by atoms with Crippen molar-refractivity contribution >= 4 is 11.9 Å². The normalized spacial score (nSPS) is 9.42. The lowest BCUT2D eigenvalue weighted by atomic mass is 10.3. The number of nitrogens with one attached hydrogen (secondary N) is 1. The van der Waals surface area contributed by atoms with Crippen LogP contribution in [0.2, 0.25) is 0 Å². The van der Waals surface area contributed by atoms with Crippen molar-refractivity contribution in [2.24, 2.45) is 5.73 Å². The number of aromatic amines is 1. The maximum Gasteiger partial charge on any atom is 0.309 e. The van der Waals surface area contributed by atoms with E-state index in [1.54, 1.807) is 0 Å². The molecule has 0 fully saturated rings. The zero-order valence-corrected chi connectivity index (χ0v) is 6.33. The molecule has 1 aromatic rings. The SMILES string of the molecule is CC(=O)Oc1[nH]ncc1C(N)=O. The highest BCUT2D eigenvalue weighted by Gasteiger charge is 2.12. The molecule has 0 aromatic carbocycles. The minimum absolute atomic E-state index is 0.0185. The van der Waals surface area contributed by atoms with Gasteiger partial charge in [-0.1, -0.05) is 0 Å². The molecule has 64 valence electrons. The van der Waals surface area contributed by atoms with Crippen LogP contribution in [-0.2, 0) is 4.79 Å². The fraction of sp³-hybridized carbons (Fsp3) is 0.167. The van der Waals surface area contributed by atoms with E-state index in [1.165, 1.54) is 13.1 Å². The second kappa shape index (κ2) is 3.04. The summed E-state index contributed by atoms with van der Waals surface area (Å²) in [5.41, 5.74) is 5.00. The zero-order chi connectivity index (χ0) is 9.14. The average molecular weight is 169 g/mol. The van der Waals surface area contributed by atoms with Crippen molar-refractivity contribution in [2.75, 3.05) is 0 Å². The van der Waals surface area contributed by atoms with E-state index in [0.717, 1.165) is 0 Å². The van der Waals surface area contributed by atoms with E-state index in [9.17, 15) is 9.59 Å². The molecule has 0 aliphatic heterocycles. The van der Waals surface area contributed by atoms with E-state index in [0.29, 0.717) is 0 Å². The average Bonchev–Trinajstić information content (AvgIpc) is 2.33. The predicted octanol–water partition coefficient (Wildman–Crippen LogP) is -0.566. The molecule has 0 bridgehead atoms. The lowest BCUT2D eigenvalue weighted by Gasteiger charge is -1.97. The summed E-state index contributed by atoms with van der Waals surface area (Å²) in [4.78, 5) is 21.1. The van der Waals surface area contributed by atoms with Gasteiger partial charge < -0.3 is 10.5 Å². The Morgan fingerprint density at radius 1 is 1.67 bits per heavy atom. The van der Waals surface area contributed by atoms with E-state index in [-0.39, 0.29) is 11.4 Å². The van der Waals surface area contributed by atoms with Gasteiger partial charge in [-0.3, -0.25) is 9.59 Å². The number of nitrogens with zero attached hydrogens (tertiary/aromatic N) is 1. The second-order valence-electron chi connectivity index (χ2n) is 2.07. The highest BCUT2D eigenvalue weighted by molar-refractivity contribution is 5.95. The number of hydrogen-bond acceptors (Lipinski definition) is 4. The van der Waals surface area contributed by atoms with Gasteiger partial charge in [-0.15, -0.1) is 0 Å². The Bertz CT molecular complexity index is 318. The van der Waals surface area contributed by atoms with Crippen LogP contribution >= 0.6 is 0 Å². The number of H-pyrrole nitrogens is 1. The van der Waals surface area contributed by atoms with E-state index in [2.05, 4.69) is 14.9 Å². The quantitative estimate of drug-likeness (QED) is 0.579. The summed E-state index contributed by atoms with van der Waals surface area (Å²) >= 11 is 0. The van der Waals surface area contributed by atoms with Gasteiger partial charge in [-0.25, -0.2) is 5.10 Å². The van der Waals surface area contributed by atoms with Gasteiger partial charge in [-0.05, 0) is 0 Å². The Morgan fingerprint density at radius 2 is 2.33 bits per heavy atom. The molecule has 6 nitrogen and oxygen atoms in total. The monoisotopic (exact) mass is 169 g/mol. The van der Waals surface area contributed by atoms with Gasteiger partial charge in [0, 0.05) is 6.92 Å². The number of aromatic nitrogens is 2. The Labute approximate surface area is 67.7 Å². The number of ether oxygens (including phenoxy) is 1. The minimum atomic E-state index is -0.694. The Balaban J connectivity index is 2.91. The summed E-state index contributed by atoms with van der Waals surface area (Å²) in [6.45, 7) is 1.21. The fourth-order valence-electron chi connectivity index (χ4n) is 0.671. The third kappa shape index (κ3) is 1.60. The molecule has 1 aromatic heterocycles. The molecule has 0 unspecified atom stereocenters. The third-order valence-corrected chi connectivity index (χ3v) is 1.12. The van der Waals surface area contributed by atoms with Crippen molar-refractivity contribution in [3.05, 3.63) is 11.8 Å². The van der Waals surface area contributed by atoms with Crippen LogP contribution in [-0.4, -0.2) is 22.1 Å². The number of nitrogens with two attached hydrogens (primary N) is 1. The third-order valence-electron chi connectivity index (χ3n) is 1.12. The molecule has 0 radical (unpaired) electrons. The molecule has 0 saturated carbocycles. The molecule has 0 aliphatic rings. The number of carbonyl (C=O) groups excluding carboxylic acids is 2. The van der Waals surface area contributed by atoms with E-state index in [1.807, 2.05) is 0 Å². The van der Waals surface area contributed by atoms with Crippen molar-refractivity contribution in [2.45, 2.75) is 6.92 Å². The van der Waals surface area contributed by atoms with Gasteiger partial charge in [0.05, 0.1) is 6.20 Å². The predicted molar refractivity (Wildman–Crippen MR) is 38.4 cm³/mol. The number of rotatable bonds is 2. The maximum absolute atomic E-state index is 10.6. The standard InChI is InChI=1S/C6H7N3O3/c1-3(10)12-6-4(5(7)11)2-8-9-6/h2H,1H3,(H2,7,11)(H,8,9). The van der Waals surface area contributed by atoms with Gasteiger partial charge in [0.2, 0.25) is 5.88 Å². The van der Waals surface area contributed by atoms with Crippen LogP contribution in [0, 0.1) is 0 Å². The van der Waals surface area contributed by atoms with Crippen LogP contribution in [0.25, 0.3) is 0 Å². The minimum Gasteiger partial charge on any atom is -0.407 e. The molecule has 0 aliphatic carbocycles. The first-order chi connectivity index (χ1) is 5.61. The first-order valence-electron chi connectivity index (χ1n) is 3.13. The van der Waals surface area contributed by atoms with Crippen molar-refractivity contribution in [3.8, 4) is 5.88 Å². The fourth-order valence-corrected chi connectivity index (χ4v) is 0.671. The van der Waals surface area contributed by atoms with Crippen LogP contribution in [0.5, 0.6) is 5.88 Å². The summed E-state index contributed by atoms with van der Waals surface area (Å²) in [5, 5.41) is 5.82. The molecule has 1 rings (SSSR count). The van der Waals surface area contributed by atoms with Gasteiger partial charge in [0.15, 0.2) is 0 Å². The van der Waals surface area contributed by atoms with Crippen LogP contribution in [0.15, 0.2) is 6.20 Å². The molecule has 1 heterocycles. The number of hydrogen-bond donors (Lipinski definition) is 2. The Kier molecular flexibility index (Phi) is 2.09. The van der Waals surface area contributed by atoms with Crippen LogP contribution in [0.1, 0.15) is 17.3 Å². The summed E-state index contributed by atoms with van der Waals surface area (Å²) in [6, 6.07) is 0. The molecule has 0 spiro atoms. The van der Waals surface area contributed by atoms with Crippen molar-refractivity contribution in [1.82, 2.24) is 10.2 Å². The first kappa shape index (κ1) is 8.25. The van der Waals surface area contributed by atoms with E-state index < -0.39 is 11.9 Å². The topological polar surface area (TPSA) is 98.1 Å². The van der Waals surface area contributed by atoms with Crippen molar-refractivity contribution in [1.29, 1.82) is 0 Å². The van der Waals surface area contributed by atoms with Gasteiger partial charge in [-0.2, -0.15) is 5.10 Å². The molecular weight excluding hydrogens is 162 g/mol. The second-order valence-corrected chi connectivity index (χ2v) is 2.07. The van der Waals surface area contributed by atoms with Crippen molar-refractivity contribution < 1.29 is 14.3 Å². The van der Waals surface area contributed by atoms with E-state index in [4.69, 9.17) is 5.73 Å². The molecular formula is C6H7N3O3. The maximum atomic E-state index is 10.6. The zero-order valence-electron chi connectivity index (χ0n) is 6.33. The molecule has 3 N–H and O–H groups in total. The number of esters is 1. The lowest BCUT2D eigenvalue weighted by Crippen LogP contribution is -2.13. The largest absolute Gasteiger partial charge is 0.407 e. The van der Waals surface area contributed by atoms with Crippen LogP contribution < -0.4 is 10.5 Å². The highest BCUT2D eigenvalue weighted by atomic mass is 16.5.